The van der Waals surface area contributed by atoms with Crippen molar-refractivity contribution in [1.29, 1.82) is 0 Å². The Balaban J connectivity index is 0.000000677. The monoisotopic (exact) mass is 586 g/mol. The second-order valence-electron chi connectivity index (χ2n) is 13.5. The lowest BCUT2D eigenvalue weighted by molar-refractivity contribution is -0.140. The van der Waals surface area contributed by atoms with E-state index in [1.54, 1.807) is 20.8 Å². The Kier molecular flexibility index (Phi) is 17.6. The van der Waals surface area contributed by atoms with Crippen molar-refractivity contribution >= 4 is 24.1 Å². The summed E-state index contributed by atoms with van der Waals surface area (Å²) in [5.74, 6) is -0.501. The van der Waals surface area contributed by atoms with Crippen LogP contribution in [0.2, 0.25) is 0 Å². The van der Waals surface area contributed by atoms with Crippen LogP contribution in [0.3, 0.4) is 0 Å². The van der Waals surface area contributed by atoms with Crippen molar-refractivity contribution in [3.63, 3.8) is 0 Å². The van der Waals surface area contributed by atoms with Gasteiger partial charge in [0.25, 0.3) is 0 Å². The molecule has 240 valence electrons. The minimum Gasteiger partial charge on any atom is -0.480 e. The number of rotatable bonds is 8. The Morgan fingerprint density at radius 2 is 1.12 bits per heavy atom. The van der Waals surface area contributed by atoms with Crippen LogP contribution in [0, 0.1) is 11.8 Å². The lowest BCUT2D eigenvalue weighted by Crippen LogP contribution is -2.49. The fraction of sp³-hybridized carbons (Fsp3) is 0.867. The van der Waals surface area contributed by atoms with Gasteiger partial charge in [-0.2, -0.15) is 0 Å². The van der Waals surface area contributed by atoms with Gasteiger partial charge in [-0.1, -0.05) is 27.7 Å². The van der Waals surface area contributed by atoms with E-state index in [-0.39, 0.29) is 11.8 Å². The van der Waals surface area contributed by atoms with Crippen molar-refractivity contribution in [1.82, 2.24) is 20.9 Å². The van der Waals surface area contributed by atoms with Crippen molar-refractivity contribution in [2.75, 3.05) is 26.2 Å². The van der Waals surface area contributed by atoms with Gasteiger partial charge in [0.2, 0.25) is 5.91 Å². The van der Waals surface area contributed by atoms with Crippen molar-refractivity contribution in [2.45, 2.75) is 131 Å². The minimum absolute atomic E-state index is 0.0158. The third-order valence-electron chi connectivity index (χ3n) is 5.77. The number of carbonyl (C=O) groups excluding carboxylic acids is 3. The first-order valence-electron chi connectivity index (χ1n) is 15.0. The van der Waals surface area contributed by atoms with E-state index < -0.39 is 41.4 Å². The third kappa shape index (κ3) is 20.9. The zero-order chi connectivity index (χ0) is 31.8. The van der Waals surface area contributed by atoms with Gasteiger partial charge in [-0.15, -0.1) is 0 Å². The summed E-state index contributed by atoms with van der Waals surface area (Å²) in [6.45, 7) is 22.6. The van der Waals surface area contributed by atoms with Crippen LogP contribution >= 0.6 is 0 Å². The number of carboxylic acids is 1. The lowest BCUT2D eigenvalue weighted by Gasteiger charge is -2.27. The normalized spacial score (nSPS) is 16.5. The highest BCUT2D eigenvalue weighted by Crippen LogP contribution is 2.15. The summed E-state index contributed by atoms with van der Waals surface area (Å²) in [4.78, 5) is 48.4. The second kappa shape index (κ2) is 18.8. The molecule has 0 aromatic carbocycles. The molecule has 2 rings (SSSR count). The molecule has 4 N–H and O–H groups in total. The van der Waals surface area contributed by atoms with Gasteiger partial charge in [0.1, 0.15) is 23.3 Å². The van der Waals surface area contributed by atoms with Crippen LogP contribution in [0.1, 0.15) is 108 Å². The van der Waals surface area contributed by atoms with Gasteiger partial charge in [0, 0.05) is 13.1 Å². The maximum atomic E-state index is 12.4. The van der Waals surface area contributed by atoms with Crippen LogP contribution in [0.15, 0.2) is 0 Å². The Morgan fingerprint density at radius 3 is 1.44 bits per heavy atom. The van der Waals surface area contributed by atoms with Gasteiger partial charge in [-0.25, -0.2) is 14.4 Å². The summed E-state index contributed by atoms with van der Waals surface area (Å²) in [6, 6.07) is -1.38. The zero-order valence-electron chi connectivity index (χ0n) is 27.2. The van der Waals surface area contributed by atoms with E-state index in [2.05, 4.69) is 16.0 Å². The van der Waals surface area contributed by atoms with Crippen LogP contribution < -0.4 is 16.0 Å². The predicted molar refractivity (Wildman–Crippen MR) is 161 cm³/mol. The molecule has 0 aromatic rings. The molecule has 2 fully saturated rings. The first-order chi connectivity index (χ1) is 18.8. The van der Waals surface area contributed by atoms with Crippen LogP contribution in [0.25, 0.3) is 0 Å². The van der Waals surface area contributed by atoms with E-state index >= 15 is 0 Å². The number of aliphatic carboxylic acids is 1. The molecule has 2 saturated heterocycles. The summed E-state index contributed by atoms with van der Waals surface area (Å²) in [5, 5.41) is 17.2. The van der Waals surface area contributed by atoms with Crippen LogP contribution in [0.4, 0.5) is 9.59 Å². The standard InChI is InChI=1S/C15H28N2O3.C11H21NO4.C4H9N/c1-11(2)10-12(13(18)17-8-6-7-9-17)16-14(19)20-15(3,4)5;1-7(2)6-8(9(13)14)12-10(15)16-11(3,4)5;1-2-4-5-3-1/h11-12H,6-10H2,1-5H3,(H,16,19);7-8H,6H2,1-5H3,(H,12,15)(H,13,14);5H,1-4H2/t12-;8-;/m00./s1. The smallest absolute Gasteiger partial charge is 0.408 e. The Labute approximate surface area is 247 Å². The van der Waals surface area contributed by atoms with E-state index in [1.807, 2.05) is 53.4 Å². The minimum atomic E-state index is -1.04. The molecule has 0 saturated carbocycles. The van der Waals surface area contributed by atoms with Crippen molar-refractivity contribution in [3.05, 3.63) is 0 Å². The summed E-state index contributed by atoms with van der Waals surface area (Å²) >= 11 is 0. The average molecular weight is 587 g/mol. The van der Waals surface area contributed by atoms with Crippen LogP contribution in [-0.2, 0) is 19.1 Å². The number of nitrogens with zero attached hydrogens (tertiary/aromatic N) is 1. The zero-order valence-corrected chi connectivity index (χ0v) is 27.2. The first kappa shape index (κ1) is 38.4. The summed E-state index contributed by atoms with van der Waals surface area (Å²) in [7, 11) is 0. The fourth-order valence-corrected chi connectivity index (χ4v) is 4.07. The van der Waals surface area contributed by atoms with Crippen LogP contribution in [0.5, 0.6) is 0 Å². The van der Waals surface area contributed by atoms with E-state index in [9.17, 15) is 19.2 Å². The highest BCUT2D eigenvalue weighted by Gasteiger charge is 2.30. The van der Waals surface area contributed by atoms with E-state index in [4.69, 9.17) is 14.6 Å². The van der Waals surface area contributed by atoms with Gasteiger partial charge in [0.05, 0.1) is 0 Å². The molecular formula is C30H58N4O7. The number of ether oxygens (including phenoxy) is 2. The number of amides is 3. The summed E-state index contributed by atoms with van der Waals surface area (Å²) in [6.07, 6.45) is 4.68. The van der Waals surface area contributed by atoms with E-state index in [1.165, 1.54) is 25.9 Å². The van der Waals surface area contributed by atoms with Crippen molar-refractivity contribution < 1.29 is 33.8 Å². The van der Waals surface area contributed by atoms with Crippen molar-refractivity contribution in [3.8, 4) is 0 Å². The van der Waals surface area contributed by atoms with Crippen molar-refractivity contribution in [2.24, 2.45) is 11.8 Å². The van der Waals surface area contributed by atoms with Gasteiger partial charge >= 0.3 is 18.2 Å². The number of nitrogens with one attached hydrogen (secondary N) is 3. The number of carboxylic acid groups (broad SMARTS) is 1. The summed E-state index contributed by atoms with van der Waals surface area (Å²) in [5.41, 5.74) is -1.17. The van der Waals surface area contributed by atoms with Gasteiger partial charge in [-0.3, -0.25) is 4.79 Å². The number of hydrogen-bond donors (Lipinski definition) is 4. The van der Waals surface area contributed by atoms with Gasteiger partial charge < -0.3 is 35.4 Å². The topological polar surface area (TPSA) is 146 Å². The number of likely N-dealkylation sites (tertiary alicyclic amines) is 1. The average Bonchev–Trinajstić information content (AvgIpc) is 3.52. The highest BCUT2D eigenvalue weighted by molar-refractivity contribution is 5.86. The second-order valence-corrected chi connectivity index (χ2v) is 13.5. The third-order valence-corrected chi connectivity index (χ3v) is 5.77. The molecular weight excluding hydrogens is 528 g/mol. The maximum absolute atomic E-state index is 12.4. The Morgan fingerprint density at radius 1 is 0.732 bits per heavy atom. The lowest BCUT2D eigenvalue weighted by atomic mass is 10.0. The Hall–Kier alpha value is -2.56. The number of hydrogen-bond acceptors (Lipinski definition) is 7. The molecule has 0 aliphatic carbocycles. The molecule has 0 bridgehead atoms. The molecule has 2 heterocycles. The fourth-order valence-electron chi connectivity index (χ4n) is 4.07. The largest absolute Gasteiger partial charge is 0.480 e. The molecule has 41 heavy (non-hydrogen) atoms. The van der Waals surface area contributed by atoms with E-state index in [0.717, 1.165) is 25.9 Å². The molecule has 0 unspecified atom stereocenters. The Bertz CT molecular complexity index is 786. The summed E-state index contributed by atoms with van der Waals surface area (Å²) < 4.78 is 10.2. The SMILES string of the molecule is C1CCNC1.CC(C)C[C@H](NC(=O)OC(C)(C)C)C(=O)N1CCCC1.CC(C)C[C@H](NC(=O)OC(C)(C)C)C(=O)O. The molecule has 0 radical (unpaired) electrons. The number of carbonyl (C=O) groups is 4. The molecule has 11 heteroatoms. The predicted octanol–water partition coefficient (Wildman–Crippen LogP) is 4.93. The molecule has 2 aliphatic heterocycles. The van der Waals surface area contributed by atoms with Gasteiger partial charge in [-0.05, 0) is 105 Å². The molecule has 0 aromatic heterocycles. The van der Waals surface area contributed by atoms with E-state index in [0.29, 0.717) is 18.8 Å². The van der Waals surface area contributed by atoms with Crippen LogP contribution in [-0.4, -0.2) is 83.5 Å². The number of alkyl carbamates (subject to hydrolysis) is 2. The molecule has 2 aliphatic rings. The molecule has 11 nitrogen and oxygen atoms in total. The first-order valence-corrected chi connectivity index (χ1v) is 15.0. The molecule has 2 atom stereocenters. The molecule has 0 spiro atoms. The van der Waals surface area contributed by atoms with Gasteiger partial charge in [0.15, 0.2) is 0 Å². The quantitative estimate of drug-likeness (QED) is 0.313. The highest BCUT2D eigenvalue weighted by atomic mass is 16.6. The maximum Gasteiger partial charge on any atom is 0.408 e. The molecule has 3 amide bonds.